The molecule has 2 aliphatic heterocycles. The maximum absolute atomic E-state index is 5.51. The zero-order valence-electron chi connectivity index (χ0n) is 10.9. The molecule has 0 saturated carbocycles. The Kier molecular flexibility index (Phi) is 2.93. The predicted molar refractivity (Wildman–Crippen MR) is 80.3 cm³/mol. The third-order valence-corrected chi connectivity index (χ3v) is 4.42. The van der Waals surface area contributed by atoms with E-state index >= 15 is 0 Å². The van der Waals surface area contributed by atoms with Crippen LogP contribution in [0, 0.1) is 0 Å². The number of fused-ring (bicyclic) bond motifs is 2. The summed E-state index contributed by atoms with van der Waals surface area (Å²) in [5.41, 5.74) is 3.91. The molecule has 2 aromatic rings. The van der Waals surface area contributed by atoms with E-state index in [1.54, 1.807) is 0 Å². The van der Waals surface area contributed by atoms with Crippen LogP contribution in [0.25, 0.3) is 0 Å². The molecule has 0 saturated heterocycles. The minimum atomic E-state index is 0.223. The molecule has 1 unspecified atom stereocenters. The fourth-order valence-electron chi connectivity index (χ4n) is 2.90. The Bertz CT molecular complexity index is 654. The first-order valence-electron chi connectivity index (χ1n) is 6.72. The normalized spacial score (nSPS) is 19.8. The Hall–Kier alpha value is -1.52. The van der Waals surface area contributed by atoms with Crippen LogP contribution in [0.4, 0.5) is 0 Å². The van der Waals surface area contributed by atoms with Gasteiger partial charge >= 0.3 is 0 Å². The van der Waals surface area contributed by atoms with Crippen molar-refractivity contribution >= 4 is 15.9 Å². The van der Waals surface area contributed by atoms with E-state index in [2.05, 4.69) is 57.6 Å². The van der Waals surface area contributed by atoms with Gasteiger partial charge in [0.25, 0.3) is 0 Å². The number of nitrogens with one attached hydrogen (secondary N) is 1. The van der Waals surface area contributed by atoms with Gasteiger partial charge in [-0.15, -0.1) is 0 Å². The van der Waals surface area contributed by atoms with Crippen molar-refractivity contribution in [2.24, 2.45) is 0 Å². The third-order valence-electron chi connectivity index (χ3n) is 3.89. The van der Waals surface area contributed by atoms with Gasteiger partial charge in [-0.05, 0) is 47.4 Å². The van der Waals surface area contributed by atoms with Crippen molar-refractivity contribution < 1.29 is 9.47 Å². The Balaban J connectivity index is 1.79. The maximum atomic E-state index is 5.51. The highest BCUT2D eigenvalue weighted by molar-refractivity contribution is 9.10. The second kappa shape index (κ2) is 4.79. The number of rotatable bonds is 1. The molecule has 20 heavy (non-hydrogen) atoms. The number of hydrogen-bond donors (Lipinski definition) is 1. The van der Waals surface area contributed by atoms with E-state index in [-0.39, 0.29) is 6.04 Å². The molecule has 2 aliphatic rings. The molecule has 0 bridgehead atoms. The average molecular weight is 332 g/mol. The smallest absolute Gasteiger partial charge is 0.231 e. The maximum Gasteiger partial charge on any atom is 0.231 e. The lowest BCUT2D eigenvalue weighted by molar-refractivity contribution is 0.174. The van der Waals surface area contributed by atoms with Crippen LogP contribution in [0.2, 0.25) is 0 Å². The first kappa shape index (κ1) is 12.2. The standard InChI is InChI=1S/C16H14BrNO2/c17-12-3-1-10(2-4-12)16-13-8-15-14(19-9-20-15)7-11(13)5-6-18-16/h1-4,7-8,16,18H,5-6,9H2. The van der Waals surface area contributed by atoms with Crippen molar-refractivity contribution in [3.05, 3.63) is 57.6 Å². The summed E-state index contributed by atoms with van der Waals surface area (Å²) in [4.78, 5) is 0. The molecular weight excluding hydrogens is 318 g/mol. The monoisotopic (exact) mass is 331 g/mol. The lowest BCUT2D eigenvalue weighted by Gasteiger charge is -2.27. The Labute approximate surface area is 126 Å². The van der Waals surface area contributed by atoms with Gasteiger partial charge in [0.1, 0.15) is 0 Å². The quantitative estimate of drug-likeness (QED) is 0.868. The first-order chi connectivity index (χ1) is 9.81. The van der Waals surface area contributed by atoms with Crippen molar-refractivity contribution in [2.75, 3.05) is 13.3 Å². The highest BCUT2D eigenvalue weighted by Crippen LogP contribution is 2.39. The van der Waals surface area contributed by atoms with Crippen LogP contribution >= 0.6 is 15.9 Å². The molecule has 4 rings (SSSR count). The van der Waals surface area contributed by atoms with E-state index in [1.165, 1.54) is 16.7 Å². The van der Waals surface area contributed by atoms with E-state index in [0.29, 0.717) is 6.79 Å². The highest BCUT2D eigenvalue weighted by Gasteiger charge is 2.25. The van der Waals surface area contributed by atoms with E-state index in [0.717, 1.165) is 28.9 Å². The fraction of sp³-hybridized carbons (Fsp3) is 0.250. The van der Waals surface area contributed by atoms with Gasteiger partial charge in [-0.1, -0.05) is 28.1 Å². The number of halogens is 1. The third kappa shape index (κ3) is 2.00. The summed E-state index contributed by atoms with van der Waals surface area (Å²) in [6.45, 7) is 1.31. The number of hydrogen-bond acceptors (Lipinski definition) is 3. The number of benzene rings is 2. The van der Waals surface area contributed by atoms with Crippen LogP contribution in [-0.2, 0) is 6.42 Å². The summed E-state index contributed by atoms with van der Waals surface area (Å²) in [5.74, 6) is 1.73. The van der Waals surface area contributed by atoms with Gasteiger partial charge in [0.2, 0.25) is 6.79 Å². The van der Waals surface area contributed by atoms with Crippen LogP contribution in [-0.4, -0.2) is 13.3 Å². The Morgan fingerprint density at radius 2 is 1.80 bits per heavy atom. The lowest BCUT2D eigenvalue weighted by Crippen LogP contribution is -2.30. The van der Waals surface area contributed by atoms with Gasteiger partial charge in [-0.25, -0.2) is 0 Å². The first-order valence-corrected chi connectivity index (χ1v) is 7.52. The minimum absolute atomic E-state index is 0.223. The molecule has 0 radical (unpaired) electrons. The molecule has 0 spiro atoms. The molecule has 0 aromatic heterocycles. The van der Waals surface area contributed by atoms with Gasteiger partial charge < -0.3 is 14.8 Å². The lowest BCUT2D eigenvalue weighted by atomic mass is 9.89. The second-order valence-electron chi connectivity index (χ2n) is 5.09. The fourth-order valence-corrected chi connectivity index (χ4v) is 3.16. The molecule has 1 N–H and O–H groups in total. The molecule has 1 atom stereocenters. The van der Waals surface area contributed by atoms with Gasteiger partial charge in [0.15, 0.2) is 11.5 Å². The van der Waals surface area contributed by atoms with Crippen LogP contribution < -0.4 is 14.8 Å². The largest absolute Gasteiger partial charge is 0.454 e. The molecule has 0 amide bonds. The van der Waals surface area contributed by atoms with E-state index in [9.17, 15) is 0 Å². The predicted octanol–water partition coefficient (Wildman–Crippen LogP) is 3.41. The van der Waals surface area contributed by atoms with E-state index < -0.39 is 0 Å². The molecule has 0 fully saturated rings. The Morgan fingerprint density at radius 1 is 1.05 bits per heavy atom. The molecule has 2 aromatic carbocycles. The van der Waals surface area contributed by atoms with Crippen molar-refractivity contribution in [3.63, 3.8) is 0 Å². The second-order valence-corrected chi connectivity index (χ2v) is 6.01. The summed E-state index contributed by atoms with van der Waals surface area (Å²) in [5, 5.41) is 3.59. The number of ether oxygens (including phenoxy) is 2. The summed E-state index contributed by atoms with van der Waals surface area (Å²) >= 11 is 3.48. The van der Waals surface area contributed by atoms with Gasteiger partial charge in [-0.3, -0.25) is 0 Å². The van der Waals surface area contributed by atoms with Crippen molar-refractivity contribution in [1.82, 2.24) is 5.32 Å². The van der Waals surface area contributed by atoms with E-state index in [4.69, 9.17) is 9.47 Å². The minimum Gasteiger partial charge on any atom is -0.454 e. The van der Waals surface area contributed by atoms with Crippen molar-refractivity contribution in [3.8, 4) is 11.5 Å². The average Bonchev–Trinajstić information content (AvgIpc) is 2.92. The van der Waals surface area contributed by atoms with Crippen molar-refractivity contribution in [1.29, 1.82) is 0 Å². The molecule has 3 nitrogen and oxygen atoms in total. The molecule has 2 heterocycles. The summed E-state index contributed by atoms with van der Waals surface area (Å²) < 4.78 is 12.1. The summed E-state index contributed by atoms with van der Waals surface area (Å²) in [6, 6.07) is 12.9. The van der Waals surface area contributed by atoms with Gasteiger partial charge in [-0.2, -0.15) is 0 Å². The highest BCUT2D eigenvalue weighted by atomic mass is 79.9. The molecule has 0 aliphatic carbocycles. The molecule has 4 heteroatoms. The van der Waals surface area contributed by atoms with E-state index in [1.807, 2.05) is 0 Å². The topological polar surface area (TPSA) is 30.5 Å². The Morgan fingerprint density at radius 3 is 2.60 bits per heavy atom. The zero-order valence-corrected chi connectivity index (χ0v) is 12.4. The van der Waals surface area contributed by atoms with Crippen LogP contribution in [0.3, 0.4) is 0 Å². The van der Waals surface area contributed by atoms with Crippen LogP contribution in [0.5, 0.6) is 11.5 Å². The van der Waals surface area contributed by atoms with Crippen LogP contribution in [0.1, 0.15) is 22.7 Å². The van der Waals surface area contributed by atoms with Crippen LogP contribution in [0.15, 0.2) is 40.9 Å². The van der Waals surface area contributed by atoms with Gasteiger partial charge in [0.05, 0.1) is 6.04 Å². The zero-order chi connectivity index (χ0) is 13.5. The van der Waals surface area contributed by atoms with Gasteiger partial charge in [0, 0.05) is 11.0 Å². The summed E-state index contributed by atoms with van der Waals surface area (Å²) in [6.07, 6.45) is 1.03. The molecular formula is C16H14BrNO2. The molecule has 102 valence electrons. The summed E-state index contributed by atoms with van der Waals surface area (Å²) in [7, 11) is 0. The van der Waals surface area contributed by atoms with Crippen molar-refractivity contribution in [2.45, 2.75) is 12.5 Å². The SMILES string of the molecule is Brc1ccc(C2NCCc3cc4c(cc32)OCO4)cc1.